The summed E-state index contributed by atoms with van der Waals surface area (Å²) in [5.74, 6) is 0.638. The zero-order valence-corrected chi connectivity index (χ0v) is 15.3. The molecule has 0 saturated heterocycles. The summed E-state index contributed by atoms with van der Waals surface area (Å²) in [4.78, 5) is 17.1. The molecule has 5 heteroatoms. The summed E-state index contributed by atoms with van der Waals surface area (Å²) in [6.45, 7) is 0. The number of amides is 1. The van der Waals surface area contributed by atoms with Crippen molar-refractivity contribution in [3.05, 3.63) is 64.1 Å². The average Bonchev–Trinajstić information content (AvgIpc) is 3.37. The van der Waals surface area contributed by atoms with Gasteiger partial charge in [0.05, 0.1) is 21.3 Å². The highest BCUT2D eigenvalue weighted by Gasteiger charge is 2.33. The fourth-order valence-corrected chi connectivity index (χ4v) is 4.16. The molecule has 0 radical (unpaired) electrons. The molecule has 4 rings (SSSR count). The largest absolute Gasteiger partial charge is 0.349 e. The SMILES string of the molecule is O=C(CCc1nc2ccccc2s1)N[C@@H](c1ccc(Cl)cc1)C1CC1. The molecule has 1 heterocycles. The van der Waals surface area contributed by atoms with E-state index in [4.69, 9.17) is 11.6 Å². The summed E-state index contributed by atoms with van der Waals surface area (Å²) < 4.78 is 1.18. The van der Waals surface area contributed by atoms with Crippen molar-refractivity contribution < 1.29 is 4.79 Å². The third-order valence-corrected chi connectivity index (χ3v) is 5.89. The molecule has 0 spiro atoms. The van der Waals surface area contributed by atoms with Gasteiger partial charge in [-0.1, -0.05) is 35.9 Å². The Labute approximate surface area is 156 Å². The molecule has 1 saturated carbocycles. The van der Waals surface area contributed by atoms with E-state index < -0.39 is 0 Å². The third kappa shape index (κ3) is 4.02. The number of nitrogens with zero attached hydrogens (tertiary/aromatic N) is 1. The molecular weight excluding hydrogens is 352 g/mol. The molecular formula is C20H19ClN2OS. The van der Waals surface area contributed by atoms with Crippen LogP contribution in [0.2, 0.25) is 5.02 Å². The smallest absolute Gasteiger partial charge is 0.220 e. The van der Waals surface area contributed by atoms with Gasteiger partial charge in [-0.2, -0.15) is 0 Å². The van der Waals surface area contributed by atoms with Gasteiger partial charge in [-0.3, -0.25) is 4.79 Å². The molecule has 1 N–H and O–H groups in total. The lowest BCUT2D eigenvalue weighted by Crippen LogP contribution is -2.30. The second-order valence-corrected chi connectivity index (χ2v) is 8.06. The van der Waals surface area contributed by atoms with Crippen LogP contribution in [-0.2, 0) is 11.2 Å². The van der Waals surface area contributed by atoms with Gasteiger partial charge in [-0.25, -0.2) is 4.98 Å². The second-order valence-electron chi connectivity index (χ2n) is 6.51. The lowest BCUT2D eigenvalue weighted by atomic mass is 10.0. The van der Waals surface area contributed by atoms with E-state index in [1.54, 1.807) is 11.3 Å². The van der Waals surface area contributed by atoms with Gasteiger partial charge in [0.25, 0.3) is 0 Å². The van der Waals surface area contributed by atoms with Crippen LogP contribution in [0.4, 0.5) is 0 Å². The van der Waals surface area contributed by atoms with E-state index in [0.29, 0.717) is 18.8 Å². The van der Waals surface area contributed by atoms with Crippen LogP contribution in [0.1, 0.15) is 35.9 Å². The van der Waals surface area contributed by atoms with Crippen LogP contribution in [0.25, 0.3) is 10.2 Å². The minimum atomic E-state index is 0.0890. The molecule has 1 atom stereocenters. The lowest BCUT2D eigenvalue weighted by Gasteiger charge is -2.19. The van der Waals surface area contributed by atoms with Crippen molar-refractivity contribution in [1.29, 1.82) is 0 Å². The van der Waals surface area contributed by atoms with Gasteiger partial charge in [0, 0.05) is 17.9 Å². The Balaban J connectivity index is 1.39. The van der Waals surface area contributed by atoms with Crippen LogP contribution >= 0.6 is 22.9 Å². The molecule has 1 aliphatic carbocycles. The Morgan fingerprint density at radius 3 is 2.68 bits per heavy atom. The number of carbonyl (C=O) groups excluding carboxylic acids is 1. The second kappa shape index (κ2) is 7.14. The summed E-state index contributed by atoms with van der Waals surface area (Å²) in [5.41, 5.74) is 2.15. The number of thiazole rings is 1. The van der Waals surface area contributed by atoms with Crippen molar-refractivity contribution in [2.24, 2.45) is 5.92 Å². The number of nitrogens with one attached hydrogen (secondary N) is 1. The van der Waals surface area contributed by atoms with Crippen molar-refractivity contribution in [1.82, 2.24) is 10.3 Å². The molecule has 3 nitrogen and oxygen atoms in total. The summed E-state index contributed by atoms with van der Waals surface area (Å²) in [5, 5.41) is 4.96. The van der Waals surface area contributed by atoms with Crippen LogP contribution in [0.5, 0.6) is 0 Å². The number of hydrogen-bond acceptors (Lipinski definition) is 3. The Kier molecular flexibility index (Phi) is 4.73. The molecule has 2 aromatic carbocycles. The van der Waals surface area contributed by atoms with E-state index >= 15 is 0 Å². The first-order valence-electron chi connectivity index (χ1n) is 8.58. The lowest BCUT2D eigenvalue weighted by molar-refractivity contribution is -0.122. The normalized spacial score (nSPS) is 15.2. The summed E-state index contributed by atoms with van der Waals surface area (Å²) >= 11 is 7.64. The molecule has 128 valence electrons. The van der Waals surface area contributed by atoms with Gasteiger partial charge in [0.2, 0.25) is 5.91 Å². The first-order valence-corrected chi connectivity index (χ1v) is 9.78. The highest BCUT2D eigenvalue weighted by molar-refractivity contribution is 7.18. The van der Waals surface area contributed by atoms with Crippen LogP contribution in [0.3, 0.4) is 0 Å². The van der Waals surface area contributed by atoms with E-state index in [9.17, 15) is 4.79 Å². The van der Waals surface area contributed by atoms with Crippen LogP contribution in [0.15, 0.2) is 48.5 Å². The van der Waals surface area contributed by atoms with Crippen molar-refractivity contribution in [2.75, 3.05) is 0 Å². The first-order chi connectivity index (χ1) is 12.2. The number of carbonyl (C=O) groups is 1. The summed E-state index contributed by atoms with van der Waals surface area (Å²) in [6.07, 6.45) is 3.50. The molecule has 1 aromatic heterocycles. The number of rotatable bonds is 6. The minimum absolute atomic E-state index is 0.0890. The number of para-hydroxylation sites is 1. The van der Waals surface area contributed by atoms with E-state index in [1.807, 2.05) is 42.5 Å². The zero-order chi connectivity index (χ0) is 17.2. The maximum absolute atomic E-state index is 12.5. The fraction of sp³-hybridized carbons (Fsp3) is 0.300. The molecule has 1 fully saturated rings. The fourth-order valence-electron chi connectivity index (χ4n) is 3.07. The highest BCUT2D eigenvalue weighted by atomic mass is 35.5. The van der Waals surface area contributed by atoms with E-state index in [-0.39, 0.29) is 11.9 Å². The van der Waals surface area contributed by atoms with Gasteiger partial charge in [-0.05, 0) is 48.6 Å². The topological polar surface area (TPSA) is 42.0 Å². The van der Waals surface area contributed by atoms with Crippen LogP contribution < -0.4 is 5.32 Å². The summed E-state index contributed by atoms with van der Waals surface area (Å²) in [6, 6.07) is 16.0. The van der Waals surface area contributed by atoms with E-state index in [2.05, 4.69) is 16.4 Å². The maximum atomic E-state index is 12.5. The Morgan fingerprint density at radius 1 is 1.20 bits per heavy atom. The first kappa shape index (κ1) is 16.6. The van der Waals surface area contributed by atoms with E-state index in [1.165, 1.54) is 17.5 Å². The average molecular weight is 371 g/mol. The molecule has 25 heavy (non-hydrogen) atoms. The number of aromatic nitrogens is 1. The molecule has 3 aromatic rings. The van der Waals surface area contributed by atoms with Gasteiger partial charge < -0.3 is 5.32 Å². The van der Waals surface area contributed by atoms with Gasteiger partial charge in [0.1, 0.15) is 0 Å². The number of halogens is 1. The molecule has 0 bridgehead atoms. The highest BCUT2D eigenvalue weighted by Crippen LogP contribution is 2.41. The van der Waals surface area contributed by atoms with Crippen molar-refractivity contribution in [2.45, 2.75) is 31.7 Å². The standard InChI is InChI=1S/C20H19ClN2OS/c21-15-9-7-14(8-10-15)20(13-5-6-13)23-18(24)11-12-19-22-16-3-1-2-4-17(16)25-19/h1-4,7-10,13,20H,5-6,11-12H2,(H,23,24)/t20-/m1/s1. The number of aryl methyl sites for hydroxylation is 1. The molecule has 0 unspecified atom stereocenters. The predicted octanol–water partition coefficient (Wildman–Crippen LogP) is 5.15. The van der Waals surface area contributed by atoms with Crippen LogP contribution in [0, 0.1) is 5.92 Å². The van der Waals surface area contributed by atoms with Crippen molar-refractivity contribution in [3.8, 4) is 0 Å². The maximum Gasteiger partial charge on any atom is 0.220 e. The Morgan fingerprint density at radius 2 is 1.96 bits per heavy atom. The number of hydrogen-bond donors (Lipinski definition) is 1. The summed E-state index contributed by atoms with van der Waals surface area (Å²) in [7, 11) is 0. The van der Waals surface area contributed by atoms with Crippen LogP contribution in [-0.4, -0.2) is 10.9 Å². The van der Waals surface area contributed by atoms with Gasteiger partial charge in [0.15, 0.2) is 0 Å². The van der Waals surface area contributed by atoms with Crippen molar-refractivity contribution >= 4 is 39.1 Å². The van der Waals surface area contributed by atoms with Gasteiger partial charge >= 0.3 is 0 Å². The van der Waals surface area contributed by atoms with Crippen molar-refractivity contribution in [3.63, 3.8) is 0 Å². The quantitative estimate of drug-likeness (QED) is 0.652. The van der Waals surface area contributed by atoms with E-state index in [0.717, 1.165) is 21.1 Å². The molecule has 1 amide bonds. The molecule has 1 aliphatic rings. The Bertz CT molecular complexity index is 853. The third-order valence-electron chi connectivity index (χ3n) is 4.54. The van der Waals surface area contributed by atoms with Gasteiger partial charge in [-0.15, -0.1) is 11.3 Å². The molecule has 0 aliphatic heterocycles. The predicted molar refractivity (Wildman–Crippen MR) is 103 cm³/mol. The zero-order valence-electron chi connectivity index (χ0n) is 13.7. The number of fused-ring (bicyclic) bond motifs is 1. The minimum Gasteiger partial charge on any atom is -0.349 e. The monoisotopic (exact) mass is 370 g/mol. The Hall–Kier alpha value is -1.91. The number of benzene rings is 2.